The summed E-state index contributed by atoms with van der Waals surface area (Å²) in [5.41, 5.74) is 8.82. The number of nitrogens with two attached hydrogens (primary N) is 1. The van der Waals surface area contributed by atoms with Crippen LogP contribution in [-0.2, 0) is 9.53 Å². The second kappa shape index (κ2) is 8.19. The zero-order valence-electron chi connectivity index (χ0n) is 17.1. The summed E-state index contributed by atoms with van der Waals surface area (Å²) in [7, 11) is 0. The fourth-order valence-electron chi connectivity index (χ4n) is 3.30. The molecule has 158 valence electrons. The smallest absolute Gasteiger partial charge is 0.351 e. The summed E-state index contributed by atoms with van der Waals surface area (Å²) in [6, 6.07) is 12.2. The molecule has 1 aromatic carbocycles. The van der Waals surface area contributed by atoms with E-state index in [0.29, 0.717) is 21.8 Å². The number of esters is 1. The van der Waals surface area contributed by atoms with Gasteiger partial charge in [0.2, 0.25) is 6.10 Å². The number of nitrogens with zero attached hydrogens (tertiary/aromatic N) is 2. The van der Waals surface area contributed by atoms with E-state index < -0.39 is 18.0 Å². The highest BCUT2D eigenvalue weighted by atomic mass is 32.1. The first-order valence-electron chi connectivity index (χ1n) is 9.50. The second-order valence-electron chi connectivity index (χ2n) is 7.11. The van der Waals surface area contributed by atoms with Crippen molar-refractivity contribution in [2.45, 2.75) is 26.9 Å². The van der Waals surface area contributed by atoms with E-state index in [1.807, 2.05) is 26.0 Å². The van der Waals surface area contributed by atoms with Crippen LogP contribution in [0.4, 0.5) is 11.5 Å². The molecule has 0 aliphatic carbocycles. The van der Waals surface area contributed by atoms with Gasteiger partial charge < -0.3 is 20.3 Å². The first-order chi connectivity index (χ1) is 14.8. The molecule has 1 amide bonds. The molecule has 9 heteroatoms. The van der Waals surface area contributed by atoms with Gasteiger partial charge in [-0.3, -0.25) is 4.79 Å². The summed E-state index contributed by atoms with van der Waals surface area (Å²) >= 11 is 1.15. The lowest BCUT2D eigenvalue weighted by molar-refractivity contribution is -0.125. The van der Waals surface area contributed by atoms with Gasteiger partial charge in [-0.1, -0.05) is 35.5 Å². The van der Waals surface area contributed by atoms with Gasteiger partial charge in [0, 0.05) is 22.7 Å². The highest BCUT2D eigenvalue weighted by Crippen LogP contribution is 2.36. The van der Waals surface area contributed by atoms with Crippen molar-refractivity contribution >= 4 is 44.9 Å². The summed E-state index contributed by atoms with van der Waals surface area (Å²) < 4.78 is 10.6. The maximum Gasteiger partial charge on any atom is 0.351 e. The highest BCUT2D eigenvalue weighted by Gasteiger charge is 2.29. The van der Waals surface area contributed by atoms with Crippen molar-refractivity contribution in [2.24, 2.45) is 0 Å². The van der Waals surface area contributed by atoms with Gasteiger partial charge in [0.25, 0.3) is 5.91 Å². The van der Waals surface area contributed by atoms with Crippen molar-refractivity contribution in [1.82, 2.24) is 10.1 Å². The number of ether oxygens (including phenoxy) is 1. The largest absolute Gasteiger partial charge is 0.443 e. The van der Waals surface area contributed by atoms with Crippen LogP contribution in [0.25, 0.3) is 10.2 Å². The van der Waals surface area contributed by atoms with E-state index in [1.165, 1.54) is 0 Å². The van der Waals surface area contributed by atoms with Gasteiger partial charge in [0.05, 0.1) is 5.69 Å². The minimum Gasteiger partial charge on any atom is -0.443 e. The first-order valence-corrected chi connectivity index (χ1v) is 10.3. The molecule has 31 heavy (non-hydrogen) atoms. The SMILES string of the molecule is Cc1cc(C)c2c(N)c(C(=O)OC(C(=O)Nc3cc(C)on3)c3ccccc3)sc2n1. The second-order valence-corrected chi connectivity index (χ2v) is 8.11. The number of carbonyl (C=O) groups is 2. The molecule has 4 aromatic rings. The monoisotopic (exact) mass is 436 g/mol. The van der Waals surface area contributed by atoms with Gasteiger partial charge in [0.1, 0.15) is 15.5 Å². The molecule has 0 bridgehead atoms. The quantitative estimate of drug-likeness (QED) is 0.447. The topological polar surface area (TPSA) is 120 Å². The molecule has 1 atom stereocenters. The van der Waals surface area contributed by atoms with Gasteiger partial charge in [-0.2, -0.15) is 0 Å². The molecule has 0 aliphatic heterocycles. The molecule has 8 nitrogen and oxygen atoms in total. The summed E-state index contributed by atoms with van der Waals surface area (Å²) in [4.78, 5) is 31.3. The Morgan fingerprint density at radius 1 is 1.16 bits per heavy atom. The number of carbonyl (C=O) groups excluding carboxylic acids is 2. The Kier molecular flexibility index (Phi) is 5.43. The Balaban J connectivity index is 1.66. The lowest BCUT2D eigenvalue weighted by Crippen LogP contribution is -2.26. The average Bonchev–Trinajstić information content (AvgIpc) is 3.29. The Hall–Kier alpha value is -3.72. The minimum atomic E-state index is -1.20. The molecule has 3 aromatic heterocycles. The summed E-state index contributed by atoms with van der Waals surface area (Å²) in [5.74, 6) is -0.480. The maximum atomic E-state index is 13.0. The van der Waals surface area contributed by atoms with Crippen LogP contribution < -0.4 is 11.1 Å². The molecular weight excluding hydrogens is 416 g/mol. The van der Waals surface area contributed by atoms with Crippen LogP contribution in [-0.4, -0.2) is 22.0 Å². The van der Waals surface area contributed by atoms with Crippen LogP contribution in [0, 0.1) is 20.8 Å². The summed E-state index contributed by atoms with van der Waals surface area (Å²) in [6.07, 6.45) is -1.20. The molecule has 0 saturated heterocycles. The molecule has 0 radical (unpaired) electrons. The van der Waals surface area contributed by atoms with Crippen molar-refractivity contribution in [3.05, 3.63) is 69.9 Å². The minimum absolute atomic E-state index is 0.210. The molecule has 0 aliphatic rings. The number of aryl methyl sites for hydroxylation is 3. The van der Waals surface area contributed by atoms with Crippen LogP contribution in [0.15, 0.2) is 47.0 Å². The molecular formula is C22H20N4O4S. The molecule has 3 heterocycles. The van der Waals surface area contributed by atoms with E-state index in [-0.39, 0.29) is 10.7 Å². The van der Waals surface area contributed by atoms with Crippen molar-refractivity contribution in [2.75, 3.05) is 11.1 Å². The number of rotatable bonds is 5. The molecule has 1 unspecified atom stereocenters. The first kappa shape index (κ1) is 20.5. The number of hydrogen-bond acceptors (Lipinski definition) is 8. The number of fused-ring (bicyclic) bond motifs is 1. The Bertz CT molecular complexity index is 1280. The van der Waals surface area contributed by atoms with Crippen molar-refractivity contribution in [3.63, 3.8) is 0 Å². The predicted octanol–water partition coefficient (Wildman–Crippen LogP) is 4.33. The van der Waals surface area contributed by atoms with Crippen LogP contribution in [0.3, 0.4) is 0 Å². The van der Waals surface area contributed by atoms with E-state index in [1.54, 1.807) is 37.3 Å². The van der Waals surface area contributed by atoms with Crippen molar-refractivity contribution in [3.8, 4) is 0 Å². The Morgan fingerprint density at radius 3 is 2.58 bits per heavy atom. The van der Waals surface area contributed by atoms with Crippen LogP contribution in [0.5, 0.6) is 0 Å². The van der Waals surface area contributed by atoms with E-state index in [9.17, 15) is 9.59 Å². The van der Waals surface area contributed by atoms with E-state index in [2.05, 4.69) is 15.5 Å². The van der Waals surface area contributed by atoms with Crippen LogP contribution in [0.1, 0.15) is 38.4 Å². The predicted molar refractivity (Wildman–Crippen MR) is 118 cm³/mol. The third-order valence-corrected chi connectivity index (χ3v) is 5.73. The Morgan fingerprint density at radius 2 is 1.90 bits per heavy atom. The number of amides is 1. The van der Waals surface area contributed by atoms with Gasteiger partial charge in [-0.05, 0) is 32.4 Å². The van der Waals surface area contributed by atoms with Gasteiger partial charge in [-0.15, -0.1) is 11.3 Å². The van der Waals surface area contributed by atoms with E-state index in [0.717, 1.165) is 28.0 Å². The van der Waals surface area contributed by atoms with Gasteiger partial charge in [-0.25, -0.2) is 9.78 Å². The number of nitrogen functional groups attached to an aromatic ring is 1. The third kappa shape index (κ3) is 4.13. The van der Waals surface area contributed by atoms with Crippen LogP contribution >= 0.6 is 11.3 Å². The lowest BCUT2D eigenvalue weighted by atomic mass is 10.1. The lowest BCUT2D eigenvalue weighted by Gasteiger charge is -2.17. The van der Waals surface area contributed by atoms with E-state index >= 15 is 0 Å². The fraction of sp³-hybridized carbons (Fsp3) is 0.182. The Labute approximate surface area is 182 Å². The molecule has 3 N–H and O–H groups in total. The number of aromatic nitrogens is 2. The summed E-state index contributed by atoms with van der Waals surface area (Å²) in [6.45, 7) is 5.50. The number of pyridine rings is 1. The standard InChI is InChI=1S/C22H20N4O4S/c1-11-9-12(2)24-21-16(11)17(23)19(31-21)22(28)29-18(14-7-5-4-6-8-14)20(27)25-15-10-13(3)30-26-15/h4-10,18H,23H2,1-3H3,(H,25,26,27). The number of anilines is 2. The number of thiophene rings is 1. The molecule has 4 rings (SSSR count). The highest BCUT2D eigenvalue weighted by molar-refractivity contribution is 7.21. The van der Waals surface area contributed by atoms with E-state index in [4.69, 9.17) is 15.0 Å². The summed E-state index contributed by atoms with van der Waals surface area (Å²) in [5, 5.41) is 7.09. The third-order valence-electron chi connectivity index (χ3n) is 4.65. The van der Waals surface area contributed by atoms with Crippen molar-refractivity contribution < 1.29 is 18.8 Å². The maximum absolute atomic E-state index is 13.0. The van der Waals surface area contributed by atoms with Crippen LogP contribution in [0.2, 0.25) is 0 Å². The number of benzene rings is 1. The average molecular weight is 436 g/mol. The zero-order valence-corrected chi connectivity index (χ0v) is 17.9. The van der Waals surface area contributed by atoms with Crippen molar-refractivity contribution in [1.29, 1.82) is 0 Å². The molecule has 0 fully saturated rings. The fourth-order valence-corrected chi connectivity index (χ4v) is 4.40. The van der Waals surface area contributed by atoms with Gasteiger partial charge in [0.15, 0.2) is 5.82 Å². The number of hydrogen-bond donors (Lipinski definition) is 2. The normalized spacial score (nSPS) is 12.0. The molecule has 0 saturated carbocycles. The zero-order chi connectivity index (χ0) is 22.1. The molecule has 0 spiro atoms. The number of nitrogens with one attached hydrogen (secondary N) is 1. The van der Waals surface area contributed by atoms with Gasteiger partial charge >= 0.3 is 5.97 Å².